The molecule has 0 bridgehead atoms. The topological polar surface area (TPSA) is 87.7 Å². The number of hydrazone groups is 1. The van der Waals surface area contributed by atoms with Gasteiger partial charge in [0.2, 0.25) is 6.79 Å². The fraction of sp³-hybridized carbons (Fsp3) is 0.111. The number of aromatic amines is 1. The van der Waals surface area contributed by atoms with E-state index in [-0.39, 0.29) is 19.2 Å². The van der Waals surface area contributed by atoms with Gasteiger partial charge in [-0.25, -0.2) is 5.43 Å². The summed E-state index contributed by atoms with van der Waals surface area (Å²) in [6.45, 7) is 0.326. The lowest BCUT2D eigenvalue weighted by molar-refractivity contribution is -0.119. The molecular weight excluding hydrogens is 320 g/mol. The fourth-order valence-electron chi connectivity index (χ4n) is 2.60. The number of benzene rings is 2. The van der Waals surface area contributed by atoms with E-state index in [1.165, 1.54) is 0 Å². The number of nitrogens with one attached hydrogen (secondary N) is 3. The highest BCUT2D eigenvalue weighted by Gasteiger charge is 2.13. The molecule has 0 saturated carbocycles. The second-order valence-corrected chi connectivity index (χ2v) is 5.50. The van der Waals surface area contributed by atoms with Gasteiger partial charge >= 0.3 is 0 Å². The highest BCUT2D eigenvalue weighted by atomic mass is 16.7. The summed E-state index contributed by atoms with van der Waals surface area (Å²) in [7, 11) is 0. The van der Waals surface area contributed by atoms with Crippen molar-refractivity contribution in [1.29, 1.82) is 0 Å². The van der Waals surface area contributed by atoms with Crippen molar-refractivity contribution in [2.45, 2.75) is 0 Å². The average molecular weight is 336 g/mol. The van der Waals surface area contributed by atoms with Crippen LogP contribution >= 0.6 is 0 Å². The minimum absolute atomic E-state index is 0.102. The number of H-pyrrole nitrogens is 1. The zero-order chi connectivity index (χ0) is 17.1. The van der Waals surface area contributed by atoms with Gasteiger partial charge < -0.3 is 19.8 Å². The minimum atomic E-state index is -0.242. The van der Waals surface area contributed by atoms with Crippen LogP contribution in [-0.2, 0) is 4.79 Å². The van der Waals surface area contributed by atoms with Gasteiger partial charge in [0.1, 0.15) is 0 Å². The van der Waals surface area contributed by atoms with Crippen molar-refractivity contribution < 1.29 is 14.3 Å². The summed E-state index contributed by atoms with van der Waals surface area (Å²) in [5.74, 6) is 1.13. The average Bonchev–Trinajstić information content (AvgIpc) is 3.26. The lowest BCUT2D eigenvalue weighted by Gasteiger charge is -2.06. The number of rotatable bonds is 5. The Kier molecular flexibility index (Phi) is 3.96. The second kappa shape index (κ2) is 6.56. The van der Waals surface area contributed by atoms with E-state index in [0.717, 1.165) is 22.2 Å². The third-order valence-corrected chi connectivity index (χ3v) is 3.84. The number of fused-ring (bicyclic) bond motifs is 2. The van der Waals surface area contributed by atoms with Crippen LogP contribution in [0.15, 0.2) is 53.8 Å². The van der Waals surface area contributed by atoms with Crippen LogP contribution in [0.2, 0.25) is 0 Å². The summed E-state index contributed by atoms with van der Waals surface area (Å²) in [4.78, 5) is 15.0. The molecule has 0 fully saturated rings. The van der Waals surface area contributed by atoms with Crippen molar-refractivity contribution in [1.82, 2.24) is 10.4 Å². The first kappa shape index (κ1) is 15.1. The number of ether oxygens (including phenoxy) is 2. The van der Waals surface area contributed by atoms with Gasteiger partial charge in [0, 0.05) is 34.4 Å². The molecule has 0 aliphatic carbocycles. The maximum absolute atomic E-state index is 11.9. The van der Waals surface area contributed by atoms with Crippen molar-refractivity contribution in [2.75, 3.05) is 18.7 Å². The van der Waals surface area contributed by atoms with Crippen LogP contribution in [-0.4, -0.2) is 30.4 Å². The van der Waals surface area contributed by atoms with Crippen LogP contribution < -0.4 is 20.2 Å². The SMILES string of the molecule is O=C(CNc1ccc2c(c1)OCO2)NN=Cc1c[nH]c2ccccc12. The second-order valence-electron chi connectivity index (χ2n) is 5.50. The standard InChI is InChI=1S/C18H16N4O3/c23-18(10-19-13-5-6-16-17(7-13)25-11-24-16)22-21-9-12-8-20-15-4-2-1-3-14(12)15/h1-9,19-20H,10-11H2,(H,22,23). The molecule has 1 aromatic heterocycles. The number of amides is 1. The molecule has 3 aromatic rings. The van der Waals surface area contributed by atoms with Crippen LogP contribution in [0.4, 0.5) is 5.69 Å². The lowest BCUT2D eigenvalue weighted by atomic mass is 10.2. The molecular formula is C18H16N4O3. The van der Waals surface area contributed by atoms with E-state index in [4.69, 9.17) is 9.47 Å². The first-order valence-electron chi connectivity index (χ1n) is 7.81. The van der Waals surface area contributed by atoms with Crippen LogP contribution in [0.1, 0.15) is 5.56 Å². The summed E-state index contributed by atoms with van der Waals surface area (Å²) in [6, 6.07) is 13.3. The van der Waals surface area contributed by atoms with E-state index in [2.05, 4.69) is 20.8 Å². The van der Waals surface area contributed by atoms with Gasteiger partial charge in [0.25, 0.3) is 5.91 Å². The zero-order valence-corrected chi connectivity index (χ0v) is 13.3. The van der Waals surface area contributed by atoms with Gasteiger partial charge in [-0.05, 0) is 18.2 Å². The summed E-state index contributed by atoms with van der Waals surface area (Å²) < 4.78 is 10.5. The summed E-state index contributed by atoms with van der Waals surface area (Å²) in [5, 5.41) is 8.08. The van der Waals surface area contributed by atoms with E-state index < -0.39 is 0 Å². The highest BCUT2D eigenvalue weighted by molar-refractivity contribution is 5.99. The Balaban J connectivity index is 1.32. The largest absolute Gasteiger partial charge is 0.454 e. The molecule has 3 N–H and O–H groups in total. The Hall–Kier alpha value is -3.48. The van der Waals surface area contributed by atoms with Gasteiger partial charge in [0.05, 0.1) is 12.8 Å². The van der Waals surface area contributed by atoms with Crippen LogP contribution in [0.25, 0.3) is 10.9 Å². The normalized spacial score (nSPS) is 12.6. The third kappa shape index (κ3) is 3.25. The number of hydrogen-bond acceptors (Lipinski definition) is 5. The van der Waals surface area contributed by atoms with E-state index in [1.807, 2.05) is 36.5 Å². The number of para-hydroxylation sites is 1. The quantitative estimate of drug-likeness (QED) is 0.493. The highest BCUT2D eigenvalue weighted by Crippen LogP contribution is 2.34. The maximum atomic E-state index is 11.9. The van der Waals surface area contributed by atoms with Crippen LogP contribution in [0, 0.1) is 0 Å². The van der Waals surface area contributed by atoms with Crippen molar-refractivity contribution in [3.8, 4) is 11.5 Å². The van der Waals surface area contributed by atoms with E-state index in [9.17, 15) is 4.79 Å². The number of anilines is 1. The molecule has 1 aliphatic rings. The maximum Gasteiger partial charge on any atom is 0.259 e. The van der Waals surface area contributed by atoms with Gasteiger partial charge in [0.15, 0.2) is 11.5 Å². The fourth-order valence-corrected chi connectivity index (χ4v) is 2.60. The molecule has 7 heteroatoms. The van der Waals surface area contributed by atoms with Gasteiger partial charge in [-0.15, -0.1) is 0 Å². The number of aromatic nitrogens is 1. The zero-order valence-electron chi connectivity index (χ0n) is 13.3. The number of carbonyl (C=O) groups is 1. The Morgan fingerprint density at radius 3 is 3.04 bits per heavy atom. The lowest BCUT2D eigenvalue weighted by Crippen LogP contribution is -2.25. The molecule has 25 heavy (non-hydrogen) atoms. The molecule has 126 valence electrons. The van der Waals surface area contributed by atoms with Gasteiger partial charge in [-0.3, -0.25) is 4.79 Å². The first-order valence-corrected chi connectivity index (χ1v) is 7.81. The Morgan fingerprint density at radius 1 is 1.20 bits per heavy atom. The molecule has 1 amide bonds. The Labute approximate surface area is 143 Å². The van der Waals surface area contributed by atoms with Crippen LogP contribution in [0.5, 0.6) is 11.5 Å². The molecule has 0 radical (unpaired) electrons. The molecule has 2 heterocycles. The summed E-state index contributed by atoms with van der Waals surface area (Å²) in [6.07, 6.45) is 3.47. The molecule has 2 aromatic carbocycles. The molecule has 4 rings (SSSR count). The predicted molar refractivity (Wildman–Crippen MR) is 95.1 cm³/mol. The van der Waals surface area contributed by atoms with E-state index in [0.29, 0.717) is 11.5 Å². The van der Waals surface area contributed by atoms with Crippen molar-refractivity contribution in [3.05, 3.63) is 54.2 Å². The Bertz CT molecular complexity index is 948. The molecule has 0 unspecified atom stereocenters. The van der Waals surface area contributed by atoms with E-state index >= 15 is 0 Å². The minimum Gasteiger partial charge on any atom is -0.454 e. The number of hydrogen-bond donors (Lipinski definition) is 3. The number of carbonyl (C=O) groups excluding carboxylic acids is 1. The predicted octanol–water partition coefficient (Wildman–Crippen LogP) is 2.46. The molecule has 0 spiro atoms. The van der Waals surface area contributed by atoms with Crippen molar-refractivity contribution in [3.63, 3.8) is 0 Å². The van der Waals surface area contributed by atoms with Crippen molar-refractivity contribution >= 4 is 28.7 Å². The molecule has 1 aliphatic heterocycles. The van der Waals surface area contributed by atoms with Crippen molar-refractivity contribution in [2.24, 2.45) is 5.10 Å². The summed E-state index contributed by atoms with van der Waals surface area (Å²) in [5.41, 5.74) is 5.23. The van der Waals surface area contributed by atoms with E-state index in [1.54, 1.807) is 18.3 Å². The molecule has 7 nitrogen and oxygen atoms in total. The van der Waals surface area contributed by atoms with Gasteiger partial charge in [-0.1, -0.05) is 18.2 Å². The Morgan fingerprint density at radius 2 is 2.08 bits per heavy atom. The van der Waals surface area contributed by atoms with Crippen LogP contribution in [0.3, 0.4) is 0 Å². The van der Waals surface area contributed by atoms with Gasteiger partial charge in [-0.2, -0.15) is 5.10 Å². The first-order chi connectivity index (χ1) is 12.3. The molecule has 0 atom stereocenters. The smallest absolute Gasteiger partial charge is 0.259 e. The summed E-state index contributed by atoms with van der Waals surface area (Å²) >= 11 is 0. The number of nitrogens with zero attached hydrogens (tertiary/aromatic N) is 1. The molecule has 0 saturated heterocycles. The monoisotopic (exact) mass is 336 g/mol. The third-order valence-electron chi connectivity index (χ3n) is 3.84.